The van der Waals surface area contributed by atoms with E-state index in [1.165, 1.54) is 17.9 Å². The Balaban J connectivity index is 1.80. The maximum absolute atomic E-state index is 14.6. The van der Waals surface area contributed by atoms with Crippen LogP contribution in [0.25, 0.3) is 11.1 Å². The van der Waals surface area contributed by atoms with Gasteiger partial charge in [-0.15, -0.1) is 0 Å². The van der Waals surface area contributed by atoms with Gasteiger partial charge in [0.25, 0.3) is 0 Å². The molecule has 0 bridgehead atoms. The summed E-state index contributed by atoms with van der Waals surface area (Å²) in [6, 6.07) is 13.1. The van der Waals surface area contributed by atoms with E-state index < -0.39 is 18.0 Å². The van der Waals surface area contributed by atoms with Crippen LogP contribution in [0.5, 0.6) is 0 Å². The lowest BCUT2D eigenvalue weighted by molar-refractivity contribution is -0.119. The van der Waals surface area contributed by atoms with Gasteiger partial charge in [-0.3, -0.25) is 9.69 Å². The van der Waals surface area contributed by atoms with Crippen LogP contribution in [0.4, 0.5) is 14.9 Å². The molecule has 132 valence electrons. The predicted octanol–water partition coefficient (Wildman–Crippen LogP) is 2.83. The van der Waals surface area contributed by atoms with Crippen molar-refractivity contribution >= 4 is 17.7 Å². The van der Waals surface area contributed by atoms with Crippen LogP contribution >= 0.6 is 0 Å². The molecule has 2 amide bonds. The number of anilines is 1. The average molecular weight is 353 g/mol. The van der Waals surface area contributed by atoms with E-state index in [-0.39, 0.29) is 19.0 Å². The van der Waals surface area contributed by atoms with E-state index >= 15 is 0 Å². The summed E-state index contributed by atoms with van der Waals surface area (Å²) >= 11 is 0. The highest BCUT2D eigenvalue weighted by atomic mass is 19.1. The van der Waals surface area contributed by atoms with Crippen molar-refractivity contribution in [3.63, 3.8) is 0 Å². The number of hydrogen-bond donors (Lipinski definition) is 1. The molecule has 0 aromatic heterocycles. The molecular weight excluding hydrogens is 337 g/mol. The summed E-state index contributed by atoms with van der Waals surface area (Å²) < 4.78 is 19.8. The number of amides is 2. The summed E-state index contributed by atoms with van der Waals surface area (Å²) in [5.74, 6) is -0.717. The molecule has 3 rings (SSSR count). The standard InChI is InChI=1S/C19H16FN3O3/c1-12(24)22-10-16-11-23(19(25)26-16)15-5-6-17(18(20)8-15)14-4-2-3-13(7-14)9-21/h2-8,16H,10-11H2,1H3,(H,22,24)/t16-/m0/s1. The molecular formula is C19H16FN3O3. The summed E-state index contributed by atoms with van der Waals surface area (Å²) in [6.45, 7) is 1.81. The first kappa shape index (κ1) is 17.4. The van der Waals surface area contributed by atoms with Crippen molar-refractivity contribution in [2.45, 2.75) is 13.0 Å². The molecule has 2 aromatic rings. The average Bonchev–Trinajstić information content (AvgIpc) is 3.00. The van der Waals surface area contributed by atoms with Crippen molar-refractivity contribution in [3.8, 4) is 17.2 Å². The van der Waals surface area contributed by atoms with Gasteiger partial charge in [0.1, 0.15) is 11.9 Å². The number of rotatable bonds is 4. The fourth-order valence-electron chi connectivity index (χ4n) is 2.76. The third kappa shape index (κ3) is 3.64. The van der Waals surface area contributed by atoms with E-state index in [1.807, 2.05) is 6.07 Å². The highest BCUT2D eigenvalue weighted by Crippen LogP contribution is 2.29. The number of nitrogens with one attached hydrogen (secondary N) is 1. The van der Waals surface area contributed by atoms with Crippen molar-refractivity contribution in [2.24, 2.45) is 0 Å². The molecule has 0 saturated carbocycles. The smallest absolute Gasteiger partial charge is 0.414 e. The van der Waals surface area contributed by atoms with E-state index in [0.717, 1.165) is 0 Å². The second-order valence-corrected chi connectivity index (χ2v) is 5.91. The first-order valence-corrected chi connectivity index (χ1v) is 8.00. The Labute approximate surface area is 149 Å². The number of hydrogen-bond acceptors (Lipinski definition) is 4. The molecule has 26 heavy (non-hydrogen) atoms. The lowest BCUT2D eigenvalue weighted by atomic mass is 10.0. The summed E-state index contributed by atoms with van der Waals surface area (Å²) in [5, 5.41) is 11.6. The fourth-order valence-corrected chi connectivity index (χ4v) is 2.76. The highest BCUT2D eigenvalue weighted by Gasteiger charge is 2.32. The highest BCUT2D eigenvalue weighted by molar-refractivity contribution is 5.90. The zero-order valence-corrected chi connectivity index (χ0v) is 14.0. The second kappa shape index (κ2) is 7.23. The van der Waals surface area contributed by atoms with Gasteiger partial charge < -0.3 is 10.1 Å². The van der Waals surface area contributed by atoms with Crippen LogP contribution in [-0.2, 0) is 9.53 Å². The Kier molecular flexibility index (Phi) is 4.85. The predicted molar refractivity (Wildman–Crippen MR) is 92.8 cm³/mol. The molecule has 1 fully saturated rings. The van der Waals surface area contributed by atoms with E-state index in [0.29, 0.717) is 22.4 Å². The summed E-state index contributed by atoms with van der Waals surface area (Å²) in [5.41, 5.74) is 1.74. The quantitative estimate of drug-likeness (QED) is 0.916. The molecule has 6 nitrogen and oxygen atoms in total. The van der Waals surface area contributed by atoms with Gasteiger partial charge in [0.15, 0.2) is 0 Å². The van der Waals surface area contributed by atoms with E-state index in [1.54, 1.807) is 36.4 Å². The minimum absolute atomic E-state index is 0.207. The Bertz CT molecular complexity index is 907. The Hall–Kier alpha value is -3.40. The third-order valence-corrected chi connectivity index (χ3v) is 4.02. The molecule has 0 spiro atoms. The summed E-state index contributed by atoms with van der Waals surface area (Å²) in [7, 11) is 0. The second-order valence-electron chi connectivity index (χ2n) is 5.91. The van der Waals surface area contributed by atoms with Gasteiger partial charge in [0.05, 0.1) is 30.4 Å². The molecule has 2 aromatic carbocycles. The van der Waals surface area contributed by atoms with Crippen molar-refractivity contribution in [3.05, 3.63) is 53.8 Å². The zero-order valence-electron chi connectivity index (χ0n) is 14.0. The Morgan fingerprint density at radius 2 is 2.19 bits per heavy atom. The number of ether oxygens (including phenoxy) is 1. The van der Waals surface area contributed by atoms with Crippen molar-refractivity contribution in [1.29, 1.82) is 5.26 Å². The molecule has 1 atom stereocenters. The van der Waals surface area contributed by atoms with Crippen LogP contribution in [0.1, 0.15) is 12.5 Å². The topological polar surface area (TPSA) is 82.4 Å². The van der Waals surface area contributed by atoms with Gasteiger partial charge in [-0.1, -0.05) is 12.1 Å². The molecule has 1 saturated heterocycles. The van der Waals surface area contributed by atoms with Crippen LogP contribution in [-0.4, -0.2) is 31.2 Å². The van der Waals surface area contributed by atoms with E-state index in [4.69, 9.17) is 10.00 Å². The van der Waals surface area contributed by atoms with Gasteiger partial charge >= 0.3 is 6.09 Å². The molecule has 1 aliphatic rings. The largest absolute Gasteiger partial charge is 0.442 e. The van der Waals surface area contributed by atoms with Crippen molar-refractivity contribution in [2.75, 3.05) is 18.0 Å². The Morgan fingerprint density at radius 3 is 2.88 bits per heavy atom. The van der Waals surface area contributed by atoms with Crippen LogP contribution in [0.3, 0.4) is 0 Å². The molecule has 1 N–H and O–H groups in total. The van der Waals surface area contributed by atoms with Crippen LogP contribution in [0.15, 0.2) is 42.5 Å². The maximum Gasteiger partial charge on any atom is 0.414 e. The normalized spacial score (nSPS) is 16.1. The van der Waals surface area contributed by atoms with Gasteiger partial charge in [-0.05, 0) is 35.9 Å². The number of nitrogens with zero attached hydrogens (tertiary/aromatic N) is 2. The van der Waals surface area contributed by atoms with Crippen LogP contribution < -0.4 is 10.2 Å². The summed E-state index contributed by atoms with van der Waals surface area (Å²) in [4.78, 5) is 24.3. The molecule has 0 aliphatic carbocycles. The molecule has 0 unspecified atom stereocenters. The number of nitriles is 1. The molecule has 0 radical (unpaired) electrons. The van der Waals surface area contributed by atoms with Crippen molar-refractivity contribution in [1.82, 2.24) is 5.32 Å². The fraction of sp³-hybridized carbons (Fsp3) is 0.211. The zero-order chi connectivity index (χ0) is 18.7. The van der Waals surface area contributed by atoms with Crippen LogP contribution in [0.2, 0.25) is 0 Å². The van der Waals surface area contributed by atoms with Crippen molar-refractivity contribution < 1.29 is 18.7 Å². The number of halogens is 1. The number of cyclic esters (lactones) is 1. The minimum Gasteiger partial charge on any atom is -0.442 e. The van der Waals surface area contributed by atoms with Gasteiger partial charge in [0.2, 0.25) is 5.91 Å². The van der Waals surface area contributed by atoms with E-state index in [2.05, 4.69) is 5.32 Å². The number of carbonyl (C=O) groups is 2. The minimum atomic E-state index is -0.584. The molecule has 7 heteroatoms. The Morgan fingerprint density at radius 1 is 1.38 bits per heavy atom. The molecule has 1 heterocycles. The lowest BCUT2D eigenvalue weighted by Crippen LogP contribution is -2.33. The number of carbonyl (C=O) groups excluding carboxylic acids is 2. The third-order valence-electron chi connectivity index (χ3n) is 4.02. The first-order chi connectivity index (χ1) is 12.5. The SMILES string of the molecule is CC(=O)NC[C@H]1CN(c2ccc(-c3cccc(C#N)c3)c(F)c2)C(=O)O1. The number of benzene rings is 2. The maximum atomic E-state index is 14.6. The first-order valence-electron chi connectivity index (χ1n) is 8.00. The monoisotopic (exact) mass is 353 g/mol. The van der Waals surface area contributed by atoms with Gasteiger partial charge in [-0.25, -0.2) is 9.18 Å². The van der Waals surface area contributed by atoms with E-state index in [9.17, 15) is 14.0 Å². The summed E-state index contributed by atoms with van der Waals surface area (Å²) in [6.07, 6.45) is -1.07. The lowest BCUT2D eigenvalue weighted by Gasteiger charge is -2.14. The molecule has 1 aliphatic heterocycles. The van der Waals surface area contributed by atoms with Gasteiger partial charge in [0, 0.05) is 12.5 Å². The van der Waals surface area contributed by atoms with Gasteiger partial charge in [-0.2, -0.15) is 5.26 Å². The van der Waals surface area contributed by atoms with Crippen LogP contribution in [0, 0.1) is 17.1 Å².